The second-order valence-electron chi connectivity index (χ2n) is 8.28. The zero-order chi connectivity index (χ0) is 19.3. The number of likely N-dealkylation sites (tertiary alicyclic amines) is 2. The zero-order valence-electron chi connectivity index (χ0n) is 17.1. The fourth-order valence-electron chi connectivity index (χ4n) is 4.62. The van der Waals surface area contributed by atoms with Gasteiger partial charge in [-0.05, 0) is 80.4 Å². The molecule has 2 fully saturated rings. The Balaban J connectivity index is 1.46. The zero-order valence-corrected chi connectivity index (χ0v) is 17.1. The molecule has 0 saturated carbocycles. The van der Waals surface area contributed by atoms with E-state index in [4.69, 9.17) is 0 Å². The van der Waals surface area contributed by atoms with Gasteiger partial charge >= 0.3 is 0 Å². The lowest BCUT2D eigenvalue weighted by atomic mass is 9.98. The third-order valence-corrected chi connectivity index (χ3v) is 6.38. The molecular weight excluding hydrogens is 344 g/mol. The van der Waals surface area contributed by atoms with Crippen LogP contribution in [0.15, 0.2) is 48.5 Å². The molecule has 2 aliphatic heterocycles. The van der Waals surface area contributed by atoms with Gasteiger partial charge in [0.25, 0.3) is 5.91 Å². The van der Waals surface area contributed by atoms with E-state index in [2.05, 4.69) is 53.1 Å². The van der Waals surface area contributed by atoms with Gasteiger partial charge in [0.05, 0.1) is 0 Å². The minimum Gasteiger partial charge on any atom is -0.334 e. The van der Waals surface area contributed by atoms with Crippen LogP contribution in [0.3, 0.4) is 0 Å². The molecule has 2 aromatic carbocycles. The third-order valence-electron chi connectivity index (χ3n) is 6.38. The van der Waals surface area contributed by atoms with Gasteiger partial charge in [-0.25, -0.2) is 0 Å². The number of hydrogen-bond donors (Lipinski definition) is 0. The fourth-order valence-corrected chi connectivity index (χ4v) is 4.62. The third kappa shape index (κ3) is 4.30. The lowest BCUT2D eigenvalue weighted by Gasteiger charge is -2.38. The largest absolute Gasteiger partial charge is 0.334 e. The second kappa shape index (κ2) is 8.91. The number of carbonyl (C=O) groups excluding carboxylic acids is 1. The van der Waals surface area contributed by atoms with Crippen molar-refractivity contribution >= 4 is 5.91 Å². The highest BCUT2D eigenvalue weighted by Crippen LogP contribution is 2.24. The Morgan fingerprint density at radius 1 is 0.857 bits per heavy atom. The average molecular weight is 377 g/mol. The summed E-state index contributed by atoms with van der Waals surface area (Å²) in [4.78, 5) is 17.9. The molecular formula is C25H32N2O. The van der Waals surface area contributed by atoms with Gasteiger partial charge in [-0.3, -0.25) is 4.79 Å². The van der Waals surface area contributed by atoms with Gasteiger partial charge in [-0.2, -0.15) is 0 Å². The molecule has 2 aromatic rings. The van der Waals surface area contributed by atoms with Crippen LogP contribution in [-0.4, -0.2) is 47.9 Å². The lowest BCUT2D eigenvalue weighted by Crippen LogP contribution is -2.49. The summed E-state index contributed by atoms with van der Waals surface area (Å²) < 4.78 is 0. The first kappa shape index (κ1) is 19.2. The van der Waals surface area contributed by atoms with E-state index in [9.17, 15) is 4.79 Å². The van der Waals surface area contributed by atoms with E-state index >= 15 is 0 Å². The van der Waals surface area contributed by atoms with Crippen LogP contribution >= 0.6 is 0 Å². The summed E-state index contributed by atoms with van der Waals surface area (Å²) >= 11 is 0. The van der Waals surface area contributed by atoms with E-state index in [0.29, 0.717) is 6.04 Å². The number of nitrogens with zero attached hydrogens (tertiary/aromatic N) is 2. The summed E-state index contributed by atoms with van der Waals surface area (Å²) in [6, 6.07) is 17.3. The van der Waals surface area contributed by atoms with Crippen molar-refractivity contribution in [2.24, 2.45) is 0 Å². The summed E-state index contributed by atoms with van der Waals surface area (Å²) in [5.41, 5.74) is 4.56. The number of amides is 1. The number of rotatable bonds is 5. The van der Waals surface area contributed by atoms with Crippen LogP contribution in [0, 0.1) is 0 Å². The maximum absolute atomic E-state index is 13.2. The highest BCUT2D eigenvalue weighted by atomic mass is 16.2. The van der Waals surface area contributed by atoms with Gasteiger partial charge in [-0.1, -0.05) is 43.3 Å². The Morgan fingerprint density at radius 2 is 1.46 bits per heavy atom. The standard InChI is InChI=1S/C25H32N2O/c1-2-20-8-10-21(11-9-20)22-12-14-23(15-13-22)25(28)27-18-4-3-7-24(27)19-26-16-5-6-17-26/h8-15,24H,2-7,16-19H2,1H3. The van der Waals surface area contributed by atoms with E-state index in [0.717, 1.165) is 37.9 Å². The second-order valence-corrected chi connectivity index (χ2v) is 8.28. The molecule has 0 aromatic heterocycles. The van der Waals surface area contributed by atoms with Crippen LogP contribution in [0.5, 0.6) is 0 Å². The fraction of sp³-hybridized carbons (Fsp3) is 0.480. The Labute approximate surface area is 169 Å². The van der Waals surface area contributed by atoms with E-state index in [1.165, 1.54) is 49.0 Å². The number of hydrogen-bond acceptors (Lipinski definition) is 2. The highest BCUT2D eigenvalue weighted by molar-refractivity contribution is 5.95. The minimum atomic E-state index is 0.205. The normalized spacial score (nSPS) is 20.5. The molecule has 148 valence electrons. The molecule has 0 aliphatic carbocycles. The van der Waals surface area contributed by atoms with Crippen LogP contribution < -0.4 is 0 Å². The maximum atomic E-state index is 13.2. The molecule has 3 nitrogen and oxygen atoms in total. The van der Waals surface area contributed by atoms with Gasteiger partial charge in [0, 0.05) is 24.7 Å². The summed E-state index contributed by atoms with van der Waals surface area (Å²) in [7, 11) is 0. The van der Waals surface area contributed by atoms with Crippen molar-refractivity contribution in [3.63, 3.8) is 0 Å². The molecule has 1 amide bonds. The van der Waals surface area contributed by atoms with Crippen molar-refractivity contribution in [1.29, 1.82) is 0 Å². The Hall–Kier alpha value is -2.13. The molecule has 28 heavy (non-hydrogen) atoms. The van der Waals surface area contributed by atoms with Crippen molar-refractivity contribution in [2.75, 3.05) is 26.2 Å². The summed E-state index contributed by atoms with van der Waals surface area (Å²) in [5.74, 6) is 0.205. The summed E-state index contributed by atoms with van der Waals surface area (Å²) in [5, 5.41) is 0. The first-order chi connectivity index (χ1) is 13.7. The predicted molar refractivity (Wildman–Crippen MR) is 116 cm³/mol. The van der Waals surface area contributed by atoms with Crippen LogP contribution in [0.1, 0.15) is 54.9 Å². The van der Waals surface area contributed by atoms with Crippen LogP contribution in [0.4, 0.5) is 0 Å². The SMILES string of the molecule is CCc1ccc(-c2ccc(C(=O)N3CCCCC3CN3CCCC3)cc2)cc1. The topological polar surface area (TPSA) is 23.6 Å². The highest BCUT2D eigenvalue weighted by Gasteiger charge is 2.29. The molecule has 2 saturated heterocycles. The molecule has 0 N–H and O–H groups in total. The number of benzene rings is 2. The first-order valence-corrected chi connectivity index (χ1v) is 11.0. The van der Waals surface area contributed by atoms with Gasteiger partial charge in [-0.15, -0.1) is 0 Å². The Kier molecular flexibility index (Phi) is 6.11. The molecule has 1 unspecified atom stereocenters. The lowest BCUT2D eigenvalue weighted by molar-refractivity contribution is 0.0560. The number of carbonyl (C=O) groups is 1. The molecule has 0 radical (unpaired) electrons. The molecule has 2 aliphatic rings. The van der Waals surface area contributed by atoms with Crippen LogP contribution in [0.2, 0.25) is 0 Å². The smallest absolute Gasteiger partial charge is 0.254 e. The number of piperidine rings is 1. The molecule has 1 atom stereocenters. The van der Waals surface area contributed by atoms with Crippen LogP contribution in [0.25, 0.3) is 11.1 Å². The van der Waals surface area contributed by atoms with Crippen molar-refractivity contribution < 1.29 is 4.79 Å². The molecule has 2 heterocycles. The molecule has 0 bridgehead atoms. The summed E-state index contributed by atoms with van der Waals surface area (Å²) in [6.45, 7) is 6.52. The molecule has 3 heteroatoms. The van der Waals surface area contributed by atoms with Crippen molar-refractivity contribution in [3.05, 3.63) is 59.7 Å². The van der Waals surface area contributed by atoms with E-state index in [1.54, 1.807) is 0 Å². The van der Waals surface area contributed by atoms with Crippen molar-refractivity contribution in [3.8, 4) is 11.1 Å². The quantitative estimate of drug-likeness (QED) is 0.733. The Bertz CT molecular complexity index is 775. The van der Waals surface area contributed by atoms with Crippen molar-refractivity contribution in [2.45, 2.75) is 51.5 Å². The van der Waals surface area contributed by atoms with Gasteiger partial charge < -0.3 is 9.80 Å². The summed E-state index contributed by atoms with van der Waals surface area (Å²) in [6.07, 6.45) is 7.19. The van der Waals surface area contributed by atoms with E-state index in [-0.39, 0.29) is 5.91 Å². The van der Waals surface area contributed by atoms with E-state index < -0.39 is 0 Å². The number of aryl methyl sites for hydroxylation is 1. The first-order valence-electron chi connectivity index (χ1n) is 11.0. The predicted octanol–water partition coefficient (Wildman–Crippen LogP) is 5.01. The maximum Gasteiger partial charge on any atom is 0.254 e. The van der Waals surface area contributed by atoms with Gasteiger partial charge in [0.1, 0.15) is 0 Å². The van der Waals surface area contributed by atoms with Gasteiger partial charge in [0.15, 0.2) is 0 Å². The monoisotopic (exact) mass is 376 g/mol. The average Bonchev–Trinajstić information content (AvgIpc) is 3.27. The molecule has 0 spiro atoms. The van der Waals surface area contributed by atoms with E-state index in [1.807, 2.05) is 12.1 Å². The van der Waals surface area contributed by atoms with Crippen molar-refractivity contribution in [1.82, 2.24) is 9.80 Å². The van der Waals surface area contributed by atoms with Crippen LogP contribution in [-0.2, 0) is 6.42 Å². The molecule has 4 rings (SSSR count). The Morgan fingerprint density at radius 3 is 2.11 bits per heavy atom. The van der Waals surface area contributed by atoms with Gasteiger partial charge in [0.2, 0.25) is 0 Å². The minimum absolute atomic E-state index is 0.205.